The van der Waals surface area contributed by atoms with Crippen molar-refractivity contribution in [1.29, 1.82) is 0 Å². The number of amides is 2. The van der Waals surface area contributed by atoms with Crippen LogP contribution in [-0.2, 0) is 14.3 Å². The lowest BCUT2D eigenvalue weighted by Gasteiger charge is -2.10. The average molecular weight is 405 g/mol. The number of carbonyl (C=O) groups is 3. The van der Waals surface area contributed by atoms with Gasteiger partial charge in [-0.3, -0.25) is 9.59 Å². The summed E-state index contributed by atoms with van der Waals surface area (Å²) in [7, 11) is 0. The molecule has 1 heterocycles. The molecule has 0 unspecified atom stereocenters. The van der Waals surface area contributed by atoms with Crippen molar-refractivity contribution in [2.24, 2.45) is 0 Å². The topological polar surface area (TPSA) is 89.4 Å². The van der Waals surface area contributed by atoms with Gasteiger partial charge in [0.2, 0.25) is 5.91 Å². The van der Waals surface area contributed by atoms with E-state index in [0.29, 0.717) is 16.9 Å². The van der Waals surface area contributed by atoms with E-state index in [1.807, 2.05) is 48.7 Å². The summed E-state index contributed by atoms with van der Waals surface area (Å²) in [6.45, 7) is 4.73. The van der Waals surface area contributed by atoms with Gasteiger partial charge in [-0.25, -0.2) is 4.79 Å². The lowest BCUT2D eigenvalue weighted by atomic mass is 10.2. The van der Waals surface area contributed by atoms with Gasteiger partial charge in [0.1, 0.15) is 0 Å². The molecule has 0 atom stereocenters. The number of anilines is 2. The Balaban J connectivity index is 1.64. The first-order valence-electron chi connectivity index (χ1n) is 9.44. The number of esters is 1. The molecule has 0 fully saturated rings. The summed E-state index contributed by atoms with van der Waals surface area (Å²) in [6.07, 6.45) is 0. The monoisotopic (exact) mass is 405 g/mol. The van der Waals surface area contributed by atoms with Crippen molar-refractivity contribution in [3.8, 4) is 5.69 Å². The maximum absolute atomic E-state index is 12.5. The maximum Gasteiger partial charge on any atom is 0.340 e. The molecule has 154 valence electrons. The fourth-order valence-electron chi connectivity index (χ4n) is 3.23. The number of nitrogens with one attached hydrogen (secondary N) is 2. The Bertz CT molecular complexity index is 1090. The normalized spacial score (nSPS) is 10.4. The summed E-state index contributed by atoms with van der Waals surface area (Å²) < 4.78 is 7.17. The van der Waals surface area contributed by atoms with Crippen LogP contribution in [-0.4, -0.2) is 29.0 Å². The maximum atomic E-state index is 12.5. The van der Waals surface area contributed by atoms with Crippen LogP contribution in [0.15, 0.2) is 60.7 Å². The van der Waals surface area contributed by atoms with Crippen molar-refractivity contribution in [3.63, 3.8) is 0 Å². The quantitative estimate of drug-likeness (QED) is 0.610. The number of para-hydroxylation sites is 1. The zero-order valence-corrected chi connectivity index (χ0v) is 17.1. The highest BCUT2D eigenvalue weighted by molar-refractivity contribution is 5.97. The molecule has 0 bridgehead atoms. The van der Waals surface area contributed by atoms with Crippen LogP contribution in [0.3, 0.4) is 0 Å². The van der Waals surface area contributed by atoms with E-state index in [1.165, 1.54) is 6.92 Å². The molecule has 0 aliphatic heterocycles. The fourth-order valence-corrected chi connectivity index (χ4v) is 3.23. The Morgan fingerprint density at radius 3 is 2.23 bits per heavy atom. The molecule has 2 N–H and O–H groups in total. The predicted molar refractivity (Wildman–Crippen MR) is 115 cm³/mol. The van der Waals surface area contributed by atoms with Gasteiger partial charge in [0.25, 0.3) is 5.91 Å². The first-order valence-corrected chi connectivity index (χ1v) is 9.44. The summed E-state index contributed by atoms with van der Waals surface area (Å²) in [5.41, 5.74) is 4.05. The highest BCUT2D eigenvalue weighted by Crippen LogP contribution is 2.21. The molecule has 3 rings (SSSR count). The second-order valence-electron chi connectivity index (χ2n) is 6.84. The molecule has 0 aliphatic rings. The van der Waals surface area contributed by atoms with Crippen molar-refractivity contribution in [2.45, 2.75) is 20.8 Å². The van der Waals surface area contributed by atoms with Crippen LogP contribution in [0.5, 0.6) is 0 Å². The predicted octanol–water partition coefficient (Wildman–Crippen LogP) is 3.85. The smallest absolute Gasteiger partial charge is 0.340 e. The van der Waals surface area contributed by atoms with E-state index in [0.717, 1.165) is 17.1 Å². The summed E-state index contributed by atoms with van der Waals surface area (Å²) in [5.74, 6) is -1.24. The Kier molecular flexibility index (Phi) is 6.32. The lowest BCUT2D eigenvalue weighted by molar-refractivity contribution is -0.119. The molecule has 2 amide bonds. The minimum Gasteiger partial charge on any atom is -0.452 e. The van der Waals surface area contributed by atoms with E-state index in [-0.39, 0.29) is 5.91 Å². The molecular weight excluding hydrogens is 382 g/mol. The van der Waals surface area contributed by atoms with Crippen molar-refractivity contribution in [2.75, 3.05) is 17.2 Å². The molecular formula is C23H23N3O4. The standard InChI is InChI=1S/C23H23N3O4/c1-15-12-21(16(2)26(15)20-10-5-4-6-11-20)23(29)30-14-22(28)25-19-9-7-8-18(13-19)24-17(3)27/h4-13H,14H2,1-3H3,(H,24,27)(H,25,28). The molecule has 3 aromatic rings. The van der Waals surface area contributed by atoms with Crippen molar-refractivity contribution < 1.29 is 19.1 Å². The highest BCUT2D eigenvalue weighted by atomic mass is 16.5. The van der Waals surface area contributed by atoms with Crippen LogP contribution in [0.1, 0.15) is 28.7 Å². The van der Waals surface area contributed by atoms with E-state index in [2.05, 4.69) is 10.6 Å². The molecule has 7 heteroatoms. The third kappa shape index (κ3) is 4.94. The van der Waals surface area contributed by atoms with Crippen LogP contribution < -0.4 is 10.6 Å². The summed E-state index contributed by atoms with van der Waals surface area (Å²) in [6, 6.07) is 18.2. The number of rotatable bonds is 6. The van der Waals surface area contributed by atoms with Crippen molar-refractivity contribution in [3.05, 3.63) is 77.6 Å². The minimum atomic E-state index is -0.563. The number of carbonyl (C=O) groups excluding carboxylic acids is 3. The minimum absolute atomic E-state index is 0.208. The van der Waals surface area contributed by atoms with Gasteiger partial charge in [-0.05, 0) is 50.2 Å². The summed E-state index contributed by atoms with van der Waals surface area (Å²) >= 11 is 0. The molecule has 0 aliphatic carbocycles. The largest absolute Gasteiger partial charge is 0.452 e. The Labute approximate surface area is 174 Å². The van der Waals surface area contributed by atoms with E-state index in [1.54, 1.807) is 30.3 Å². The van der Waals surface area contributed by atoms with Crippen LogP contribution in [0.4, 0.5) is 11.4 Å². The van der Waals surface area contributed by atoms with E-state index in [4.69, 9.17) is 4.74 Å². The Morgan fingerprint density at radius 1 is 0.900 bits per heavy atom. The summed E-state index contributed by atoms with van der Waals surface area (Å²) in [4.78, 5) is 35.9. The molecule has 30 heavy (non-hydrogen) atoms. The van der Waals surface area contributed by atoms with Crippen LogP contribution in [0, 0.1) is 13.8 Å². The van der Waals surface area contributed by atoms with Gasteiger partial charge < -0.3 is 19.9 Å². The molecule has 0 radical (unpaired) electrons. The van der Waals surface area contributed by atoms with Crippen LogP contribution >= 0.6 is 0 Å². The van der Waals surface area contributed by atoms with E-state index < -0.39 is 18.5 Å². The van der Waals surface area contributed by atoms with Gasteiger partial charge in [0, 0.05) is 35.4 Å². The third-order valence-corrected chi connectivity index (χ3v) is 4.47. The lowest BCUT2D eigenvalue weighted by Crippen LogP contribution is -2.21. The van der Waals surface area contributed by atoms with Gasteiger partial charge in [-0.1, -0.05) is 24.3 Å². The SMILES string of the molecule is CC(=O)Nc1cccc(NC(=O)COC(=O)c2cc(C)n(-c3ccccc3)c2C)c1. The number of ether oxygens (including phenoxy) is 1. The Hall–Kier alpha value is -3.87. The van der Waals surface area contributed by atoms with Crippen LogP contribution in [0.25, 0.3) is 5.69 Å². The van der Waals surface area contributed by atoms with Gasteiger partial charge in [0.05, 0.1) is 5.56 Å². The van der Waals surface area contributed by atoms with Gasteiger partial charge in [0.15, 0.2) is 6.61 Å². The first kappa shape index (κ1) is 20.9. The number of aromatic nitrogens is 1. The zero-order valence-electron chi connectivity index (χ0n) is 17.1. The molecule has 0 saturated heterocycles. The van der Waals surface area contributed by atoms with E-state index in [9.17, 15) is 14.4 Å². The second kappa shape index (κ2) is 9.09. The highest BCUT2D eigenvalue weighted by Gasteiger charge is 2.19. The number of aryl methyl sites for hydroxylation is 1. The number of benzene rings is 2. The molecule has 0 saturated carbocycles. The molecule has 1 aromatic heterocycles. The first-order chi connectivity index (χ1) is 14.3. The molecule has 2 aromatic carbocycles. The van der Waals surface area contributed by atoms with Crippen LogP contribution in [0.2, 0.25) is 0 Å². The fraction of sp³-hybridized carbons (Fsp3) is 0.174. The average Bonchev–Trinajstić information content (AvgIpc) is 3.00. The van der Waals surface area contributed by atoms with Crippen molar-refractivity contribution >= 4 is 29.2 Å². The van der Waals surface area contributed by atoms with Crippen molar-refractivity contribution in [1.82, 2.24) is 4.57 Å². The molecule has 7 nitrogen and oxygen atoms in total. The van der Waals surface area contributed by atoms with Gasteiger partial charge >= 0.3 is 5.97 Å². The number of nitrogens with zero attached hydrogens (tertiary/aromatic N) is 1. The Morgan fingerprint density at radius 2 is 1.57 bits per heavy atom. The number of hydrogen-bond acceptors (Lipinski definition) is 4. The third-order valence-electron chi connectivity index (χ3n) is 4.47. The second-order valence-corrected chi connectivity index (χ2v) is 6.84. The zero-order chi connectivity index (χ0) is 21.7. The summed E-state index contributed by atoms with van der Waals surface area (Å²) in [5, 5.41) is 5.29. The van der Waals surface area contributed by atoms with E-state index >= 15 is 0 Å². The number of hydrogen-bond donors (Lipinski definition) is 2. The van der Waals surface area contributed by atoms with Gasteiger partial charge in [-0.15, -0.1) is 0 Å². The van der Waals surface area contributed by atoms with Gasteiger partial charge in [-0.2, -0.15) is 0 Å². The molecule has 0 spiro atoms.